The Labute approximate surface area is 72.0 Å². The van der Waals surface area contributed by atoms with E-state index in [-0.39, 0.29) is 0 Å². The van der Waals surface area contributed by atoms with E-state index >= 15 is 0 Å². The molecule has 0 radical (unpaired) electrons. The number of halogens is 2. The maximum atomic E-state index is 5.47. The van der Waals surface area contributed by atoms with E-state index in [1.807, 2.05) is 6.92 Å². The molecule has 0 atom stereocenters. The Hall–Kier alpha value is 0.280. The third-order valence-electron chi connectivity index (χ3n) is 0.990. The van der Waals surface area contributed by atoms with Crippen LogP contribution in [0.5, 0.6) is 0 Å². The van der Waals surface area contributed by atoms with E-state index in [0.717, 1.165) is 18.6 Å². The summed E-state index contributed by atoms with van der Waals surface area (Å²) >= 11 is 10.9. The van der Waals surface area contributed by atoms with Gasteiger partial charge in [0.05, 0.1) is 6.61 Å². The fourth-order valence-electron chi connectivity index (χ4n) is 0.424. The van der Waals surface area contributed by atoms with Crippen molar-refractivity contribution in [1.82, 2.24) is 0 Å². The third kappa shape index (κ3) is 5.10. The molecule has 3 heteroatoms. The zero-order valence-electron chi connectivity index (χ0n) is 6.29. The van der Waals surface area contributed by atoms with E-state index < -0.39 is 0 Å². The lowest BCUT2D eigenvalue weighted by atomic mass is 10.4. The molecule has 0 amide bonds. The average Bonchev–Trinajstić information content (AvgIpc) is 1.88. The summed E-state index contributed by atoms with van der Waals surface area (Å²) in [5.41, 5.74) is 0.886. The number of hydrogen-bond donors (Lipinski definition) is 0. The monoisotopic (exact) mass is 182 g/mol. The highest BCUT2D eigenvalue weighted by molar-refractivity contribution is 6.56. The zero-order chi connectivity index (χ0) is 7.98. The van der Waals surface area contributed by atoms with Crippen LogP contribution in [0.3, 0.4) is 0 Å². The normalized spacial score (nSPS) is 9.60. The molecule has 0 bridgehead atoms. The summed E-state index contributed by atoms with van der Waals surface area (Å²) in [6.07, 6.45) is 1.02. The molecule has 0 aliphatic heterocycles. The Morgan fingerprint density at radius 3 is 2.40 bits per heavy atom. The van der Waals surface area contributed by atoms with Crippen molar-refractivity contribution in [1.29, 1.82) is 0 Å². The number of rotatable bonds is 4. The van der Waals surface area contributed by atoms with Crippen molar-refractivity contribution in [2.75, 3.05) is 13.2 Å². The van der Waals surface area contributed by atoms with E-state index in [2.05, 4.69) is 6.92 Å². The number of hydrogen-bond acceptors (Lipinski definition) is 1. The first-order chi connectivity index (χ1) is 4.68. The molecule has 0 heterocycles. The first-order valence-corrected chi connectivity index (χ1v) is 4.02. The first-order valence-electron chi connectivity index (χ1n) is 3.27. The lowest BCUT2D eigenvalue weighted by Crippen LogP contribution is -1.96. The van der Waals surface area contributed by atoms with Gasteiger partial charge in [-0.25, -0.2) is 0 Å². The van der Waals surface area contributed by atoms with Gasteiger partial charge in [0.1, 0.15) is 4.49 Å². The van der Waals surface area contributed by atoms with Crippen molar-refractivity contribution in [2.45, 2.75) is 20.3 Å². The van der Waals surface area contributed by atoms with Crippen LogP contribution < -0.4 is 0 Å². The van der Waals surface area contributed by atoms with Crippen molar-refractivity contribution in [3.05, 3.63) is 10.1 Å². The van der Waals surface area contributed by atoms with E-state index in [4.69, 9.17) is 27.9 Å². The topological polar surface area (TPSA) is 9.23 Å². The van der Waals surface area contributed by atoms with Gasteiger partial charge in [-0.1, -0.05) is 30.1 Å². The van der Waals surface area contributed by atoms with Gasteiger partial charge in [0.25, 0.3) is 0 Å². The highest BCUT2D eigenvalue weighted by Crippen LogP contribution is 2.13. The second-order valence-electron chi connectivity index (χ2n) is 2.09. The van der Waals surface area contributed by atoms with Gasteiger partial charge in [0.15, 0.2) is 0 Å². The second-order valence-corrected chi connectivity index (χ2v) is 3.04. The Morgan fingerprint density at radius 2 is 2.00 bits per heavy atom. The van der Waals surface area contributed by atoms with E-state index in [1.165, 1.54) is 0 Å². The van der Waals surface area contributed by atoms with Crippen LogP contribution in [-0.2, 0) is 4.74 Å². The summed E-state index contributed by atoms with van der Waals surface area (Å²) in [7, 11) is 0. The highest BCUT2D eigenvalue weighted by atomic mass is 35.5. The molecule has 0 rings (SSSR count). The van der Waals surface area contributed by atoms with Crippen molar-refractivity contribution in [3.63, 3.8) is 0 Å². The highest BCUT2D eigenvalue weighted by Gasteiger charge is 1.94. The summed E-state index contributed by atoms with van der Waals surface area (Å²) in [6, 6.07) is 0. The molecule has 60 valence electrons. The molecule has 0 saturated heterocycles. The third-order valence-corrected chi connectivity index (χ3v) is 1.63. The largest absolute Gasteiger partial charge is 0.377 e. The van der Waals surface area contributed by atoms with Gasteiger partial charge >= 0.3 is 0 Å². The van der Waals surface area contributed by atoms with Crippen molar-refractivity contribution in [2.24, 2.45) is 0 Å². The quantitative estimate of drug-likeness (QED) is 0.608. The van der Waals surface area contributed by atoms with Gasteiger partial charge < -0.3 is 4.74 Å². The minimum absolute atomic E-state index is 0.316. The smallest absolute Gasteiger partial charge is 0.108 e. The molecule has 0 aromatic carbocycles. The predicted molar refractivity (Wildman–Crippen MR) is 45.5 cm³/mol. The van der Waals surface area contributed by atoms with Gasteiger partial charge in [0, 0.05) is 6.61 Å². The van der Waals surface area contributed by atoms with Crippen LogP contribution in [0.15, 0.2) is 10.1 Å². The van der Waals surface area contributed by atoms with E-state index in [1.54, 1.807) is 0 Å². The molecular formula is C7H12Cl2O. The summed E-state index contributed by atoms with van der Waals surface area (Å²) in [5.74, 6) is 0. The van der Waals surface area contributed by atoms with Crippen molar-refractivity contribution in [3.8, 4) is 0 Å². The van der Waals surface area contributed by atoms with Gasteiger partial charge in [-0.2, -0.15) is 0 Å². The molecule has 0 spiro atoms. The summed E-state index contributed by atoms with van der Waals surface area (Å²) in [6.45, 7) is 5.21. The molecule has 0 saturated carbocycles. The summed E-state index contributed by atoms with van der Waals surface area (Å²) in [4.78, 5) is 0. The van der Waals surface area contributed by atoms with Crippen LogP contribution in [0, 0.1) is 0 Å². The van der Waals surface area contributed by atoms with Crippen LogP contribution in [-0.4, -0.2) is 13.2 Å². The molecule has 0 aromatic heterocycles. The van der Waals surface area contributed by atoms with Crippen LogP contribution in [0.4, 0.5) is 0 Å². The van der Waals surface area contributed by atoms with Gasteiger partial charge in [-0.3, -0.25) is 0 Å². The molecule has 0 fully saturated rings. The molecular weight excluding hydrogens is 171 g/mol. The average molecular weight is 183 g/mol. The fraction of sp³-hybridized carbons (Fsp3) is 0.714. The molecule has 0 aromatic rings. The van der Waals surface area contributed by atoms with Gasteiger partial charge in [-0.15, -0.1) is 0 Å². The lowest BCUT2D eigenvalue weighted by molar-refractivity contribution is 0.157. The Balaban J connectivity index is 3.40. The SMILES string of the molecule is CCCOCC(C)=C(Cl)Cl. The molecule has 0 aliphatic carbocycles. The maximum Gasteiger partial charge on any atom is 0.108 e. The zero-order valence-corrected chi connectivity index (χ0v) is 7.80. The van der Waals surface area contributed by atoms with Gasteiger partial charge in [0.2, 0.25) is 0 Å². The van der Waals surface area contributed by atoms with Gasteiger partial charge in [-0.05, 0) is 18.9 Å². The van der Waals surface area contributed by atoms with Crippen molar-refractivity contribution < 1.29 is 4.74 Å². The summed E-state index contributed by atoms with van der Waals surface area (Å²) < 4.78 is 5.49. The Morgan fingerprint density at radius 1 is 1.40 bits per heavy atom. The standard InChI is InChI=1S/C7H12Cl2O/c1-3-4-10-5-6(2)7(8)9/h3-5H2,1-2H3. The maximum absolute atomic E-state index is 5.47. The molecule has 1 nitrogen and oxygen atoms in total. The summed E-state index contributed by atoms with van der Waals surface area (Å²) in [5, 5.41) is 0. The van der Waals surface area contributed by atoms with Crippen LogP contribution in [0.2, 0.25) is 0 Å². The fourth-order valence-corrected chi connectivity index (χ4v) is 0.533. The molecule has 10 heavy (non-hydrogen) atoms. The van der Waals surface area contributed by atoms with Crippen LogP contribution >= 0.6 is 23.2 Å². The minimum Gasteiger partial charge on any atom is -0.377 e. The van der Waals surface area contributed by atoms with Crippen LogP contribution in [0.1, 0.15) is 20.3 Å². The Bertz CT molecular complexity index is 117. The second kappa shape index (κ2) is 6.02. The molecule has 0 aliphatic rings. The van der Waals surface area contributed by atoms with E-state index in [0.29, 0.717) is 11.1 Å². The lowest BCUT2D eigenvalue weighted by Gasteiger charge is -2.01. The predicted octanol–water partition coefficient (Wildman–Crippen LogP) is 3.12. The van der Waals surface area contributed by atoms with Crippen LogP contribution in [0.25, 0.3) is 0 Å². The number of ether oxygens (including phenoxy) is 1. The molecule has 0 unspecified atom stereocenters. The molecule has 0 N–H and O–H groups in total. The Kier molecular flexibility index (Phi) is 6.19. The van der Waals surface area contributed by atoms with E-state index in [9.17, 15) is 0 Å². The first kappa shape index (κ1) is 10.3. The van der Waals surface area contributed by atoms with Crippen molar-refractivity contribution >= 4 is 23.2 Å². The minimum atomic E-state index is 0.316.